The number of nitrogens with two attached hydrogens (primary N) is 1. The Morgan fingerprint density at radius 3 is 2.54 bits per heavy atom. The lowest BCUT2D eigenvalue weighted by Gasteiger charge is -2.38. The van der Waals surface area contributed by atoms with Crippen molar-refractivity contribution >= 4 is 21.6 Å². The molecule has 26 heavy (non-hydrogen) atoms. The minimum Gasteiger partial charge on any atom is -0.493 e. The summed E-state index contributed by atoms with van der Waals surface area (Å²) in [6, 6.07) is 2.84. The first-order chi connectivity index (χ1) is 12.2. The molecule has 1 aliphatic rings. The van der Waals surface area contributed by atoms with Crippen LogP contribution in [0.2, 0.25) is 0 Å². The van der Waals surface area contributed by atoms with Gasteiger partial charge in [0.05, 0.1) is 26.2 Å². The van der Waals surface area contributed by atoms with Crippen molar-refractivity contribution < 1.29 is 22.7 Å². The highest BCUT2D eigenvalue weighted by Gasteiger charge is 2.31. The SMILES string of the molecule is COc1cc(C(=O)N2CCCCC2C(C)N)cc(NS(C)(=O)=O)c1OC. The second-order valence-corrected chi connectivity index (χ2v) is 8.30. The van der Waals surface area contributed by atoms with Crippen LogP contribution in [0.4, 0.5) is 5.69 Å². The molecule has 1 aromatic rings. The van der Waals surface area contributed by atoms with Crippen LogP contribution in [0, 0.1) is 0 Å². The highest BCUT2D eigenvalue weighted by atomic mass is 32.2. The van der Waals surface area contributed by atoms with E-state index < -0.39 is 10.0 Å². The van der Waals surface area contributed by atoms with E-state index in [1.165, 1.54) is 20.3 Å². The molecule has 0 bridgehead atoms. The molecule has 1 aromatic carbocycles. The topological polar surface area (TPSA) is 111 Å². The lowest BCUT2D eigenvalue weighted by molar-refractivity contribution is 0.0583. The highest BCUT2D eigenvalue weighted by Crippen LogP contribution is 2.38. The number of benzene rings is 1. The molecule has 0 spiro atoms. The van der Waals surface area contributed by atoms with Crippen molar-refractivity contribution in [1.29, 1.82) is 0 Å². The maximum absolute atomic E-state index is 13.1. The number of methoxy groups -OCH3 is 2. The zero-order valence-electron chi connectivity index (χ0n) is 15.6. The Morgan fingerprint density at radius 2 is 2.00 bits per heavy atom. The molecular weight excluding hydrogens is 358 g/mol. The summed E-state index contributed by atoms with van der Waals surface area (Å²) in [5.74, 6) is 0.292. The van der Waals surface area contributed by atoms with E-state index in [0.717, 1.165) is 25.5 Å². The standard InChI is InChI=1S/C17H27N3O5S/c1-11(18)14-7-5-6-8-20(14)17(21)12-9-13(19-26(4,22)23)16(25-3)15(10-12)24-2/h9-11,14,19H,5-8,18H2,1-4H3. The summed E-state index contributed by atoms with van der Waals surface area (Å²) in [7, 11) is -0.718. The molecule has 9 heteroatoms. The van der Waals surface area contributed by atoms with Crippen LogP contribution >= 0.6 is 0 Å². The second kappa shape index (κ2) is 8.13. The fourth-order valence-corrected chi connectivity index (χ4v) is 3.84. The van der Waals surface area contributed by atoms with E-state index in [2.05, 4.69) is 4.72 Å². The van der Waals surface area contributed by atoms with Crippen LogP contribution in [-0.4, -0.2) is 58.3 Å². The number of sulfonamides is 1. The average Bonchev–Trinajstić information content (AvgIpc) is 2.58. The van der Waals surface area contributed by atoms with E-state index in [1.807, 2.05) is 6.92 Å². The molecule has 1 heterocycles. The number of carbonyl (C=O) groups excluding carboxylic acids is 1. The third kappa shape index (κ3) is 4.59. The van der Waals surface area contributed by atoms with E-state index >= 15 is 0 Å². The molecule has 0 aliphatic carbocycles. The number of piperidine rings is 1. The smallest absolute Gasteiger partial charge is 0.254 e. The second-order valence-electron chi connectivity index (χ2n) is 6.55. The van der Waals surface area contributed by atoms with Gasteiger partial charge in [-0.2, -0.15) is 0 Å². The number of rotatable bonds is 6. The van der Waals surface area contributed by atoms with E-state index in [0.29, 0.717) is 12.1 Å². The quantitative estimate of drug-likeness (QED) is 0.766. The van der Waals surface area contributed by atoms with Crippen LogP contribution in [0.1, 0.15) is 36.5 Å². The number of likely N-dealkylation sites (tertiary alicyclic amines) is 1. The van der Waals surface area contributed by atoms with Gasteiger partial charge in [-0.15, -0.1) is 0 Å². The van der Waals surface area contributed by atoms with Gasteiger partial charge in [0.2, 0.25) is 10.0 Å². The third-order valence-corrected chi connectivity index (χ3v) is 5.03. The molecule has 2 atom stereocenters. The molecule has 1 amide bonds. The number of nitrogens with zero attached hydrogens (tertiary/aromatic N) is 1. The number of carbonyl (C=O) groups is 1. The Balaban J connectivity index is 2.47. The molecule has 3 N–H and O–H groups in total. The van der Waals surface area contributed by atoms with Gasteiger partial charge in [-0.1, -0.05) is 0 Å². The summed E-state index contributed by atoms with van der Waals surface area (Å²) in [6.07, 6.45) is 3.83. The predicted molar refractivity (Wildman–Crippen MR) is 100 cm³/mol. The number of hydrogen-bond donors (Lipinski definition) is 2. The first-order valence-electron chi connectivity index (χ1n) is 8.48. The highest BCUT2D eigenvalue weighted by molar-refractivity contribution is 7.92. The Bertz CT molecular complexity index is 764. The van der Waals surface area contributed by atoms with Crippen molar-refractivity contribution in [3.63, 3.8) is 0 Å². The molecular formula is C17H27N3O5S. The third-order valence-electron chi connectivity index (χ3n) is 4.44. The lowest BCUT2D eigenvalue weighted by atomic mass is 9.96. The van der Waals surface area contributed by atoms with Crippen molar-refractivity contribution in [2.45, 2.75) is 38.3 Å². The van der Waals surface area contributed by atoms with Crippen LogP contribution in [0.15, 0.2) is 12.1 Å². The molecule has 0 radical (unpaired) electrons. The largest absolute Gasteiger partial charge is 0.493 e. The predicted octanol–water partition coefficient (Wildman–Crippen LogP) is 1.42. The number of ether oxygens (including phenoxy) is 2. The molecule has 2 rings (SSSR count). The Kier molecular flexibility index (Phi) is 6.35. The number of nitrogens with one attached hydrogen (secondary N) is 1. The van der Waals surface area contributed by atoms with Crippen molar-refractivity contribution in [1.82, 2.24) is 4.90 Å². The molecule has 1 aliphatic heterocycles. The summed E-state index contributed by atoms with van der Waals surface area (Å²) in [4.78, 5) is 14.9. The number of anilines is 1. The maximum Gasteiger partial charge on any atom is 0.254 e. The van der Waals surface area contributed by atoms with Gasteiger partial charge in [-0.25, -0.2) is 8.42 Å². The van der Waals surface area contributed by atoms with E-state index in [4.69, 9.17) is 15.2 Å². The molecule has 1 fully saturated rings. The van der Waals surface area contributed by atoms with E-state index in [-0.39, 0.29) is 35.2 Å². The van der Waals surface area contributed by atoms with Crippen molar-refractivity contribution in [3.8, 4) is 11.5 Å². The van der Waals surface area contributed by atoms with Gasteiger partial charge >= 0.3 is 0 Å². The van der Waals surface area contributed by atoms with Gasteiger partial charge < -0.3 is 20.1 Å². The zero-order chi connectivity index (χ0) is 19.5. The Labute approximate surface area is 154 Å². The fourth-order valence-electron chi connectivity index (χ4n) is 3.29. The molecule has 8 nitrogen and oxygen atoms in total. The summed E-state index contributed by atoms with van der Waals surface area (Å²) >= 11 is 0. The maximum atomic E-state index is 13.1. The lowest BCUT2D eigenvalue weighted by Crippen LogP contribution is -2.51. The van der Waals surface area contributed by atoms with Gasteiger partial charge in [-0.3, -0.25) is 9.52 Å². The van der Waals surface area contributed by atoms with Gasteiger partial charge in [0.1, 0.15) is 0 Å². The van der Waals surface area contributed by atoms with E-state index in [1.54, 1.807) is 11.0 Å². The van der Waals surface area contributed by atoms with Crippen molar-refractivity contribution in [2.75, 3.05) is 31.7 Å². The summed E-state index contributed by atoms with van der Waals surface area (Å²) < 4.78 is 36.3. The van der Waals surface area contributed by atoms with Gasteiger partial charge in [0.25, 0.3) is 5.91 Å². The Morgan fingerprint density at radius 1 is 1.31 bits per heavy atom. The molecule has 146 valence electrons. The normalized spacial score (nSPS) is 19.0. The van der Waals surface area contributed by atoms with Crippen LogP contribution in [0.3, 0.4) is 0 Å². The molecule has 1 saturated heterocycles. The van der Waals surface area contributed by atoms with Crippen LogP contribution in [0.25, 0.3) is 0 Å². The zero-order valence-corrected chi connectivity index (χ0v) is 16.4. The molecule has 0 saturated carbocycles. The first-order valence-corrected chi connectivity index (χ1v) is 10.4. The summed E-state index contributed by atoms with van der Waals surface area (Å²) in [5, 5.41) is 0. The first kappa shape index (κ1) is 20.3. The Hall–Kier alpha value is -2.00. The number of hydrogen-bond acceptors (Lipinski definition) is 6. The fraction of sp³-hybridized carbons (Fsp3) is 0.588. The van der Waals surface area contributed by atoms with Gasteiger partial charge in [-0.05, 0) is 38.3 Å². The van der Waals surface area contributed by atoms with Gasteiger partial charge in [0, 0.05) is 24.2 Å². The molecule has 2 unspecified atom stereocenters. The average molecular weight is 385 g/mol. The van der Waals surface area contributed by atoms with Crippen LogP contribution < -0.4 is 19.9 Å². The minimum absolute atomic E-state index is 0.0457. The summed E-state index contributed by atoms with van der Waals surface area (Å²) in [6.45, 7) is 2.51. The van der Waals surface area contributed by atoms with Crippen molar-refractivity contribution in [3.05, 3.63) is 17.7 Å². The summed E-state index contributed by atoms with van der Waals surface area (Å²) in [5.41, 5.74) is 6.54. The number of amides is 1. The van der Waals surface area contributed by atoms with E-state index in [9.17, 15) is 13.2 Å². The van der Waals surface area contributed by atoms with Crippen LogP contribution in [-0.2, 0) is 10.0 Å². The molecule has 0 aromatic heterocycles. The van der Waals surface area contributed by atoms with Crippen molar-refractivity contribution in [2.24, 2.45) is 5.73 Å². The van der Waals surface area contributed by atoms with Gasteiger partial charge in [0.15, 0.2) is 11.5 Å². The minimum atomic E-state index is -3.56. The monoisotopic (exact) mass is 385 g/mol. The van der Waals surface area contributed by atoms with Crippen LogP contribution in [0.5, 0.6) is 11.5 Å².